The molecule has 1 aromatic rings. The lowest BCUT2D eigenvalue weighted by Gasteiger charge is -2.06. The van der Waals surface area contributed by atoms with Crippen LogP contribution in [0.25, 0.3) is 6.08 Å². The lowest BCUT2D eigenvalue weighted by molar-refractivity contribution is 0.398. The Balaban J connectivity index is 2.62. The number of aromatic nitrogens is 1. The van der Waals surface area contributed by atoms with Gasteiger partial charge in [-0.1, -0.05) is 25.5 Å². The molecule has 1 rings (SSSR count). The monoisotopic (exact) mass is 234 g/mol. The maximum Gasteiger partial charge on any atom is 0.212 e. The Morgan fingerprint density at radius 3 is 2.76 bits per heavy atom. The number of hydrogen-bond acceptors (Lipinski definition) is 3. The van der Waals surface area contributed by atoms with E-state index >= 15 is 0 Å². The summed E-state index contributed by atoms with van der Waals surface area (Å²) in [4.78, 5) is 4.19. The average molecular weight is 234 g/mol. The van der Waals surface area contributed by atoms with Crippen molar-refractivity contribution in [1.82, 2.24) is 10.3 Å². The molecule has 1 aromatic heterocycles. The summed E-state index contributed by atoms with van der Waals surface area (Å²) in [5, 5.41) is 3.42. The molecule has 1 N–H and O–H groups in total. The van der Waals surface area contributed by atoms with Crippen molar-refractivity contribution in [3.05, 3.63) is 29.5 Å². The van der Waals surface area contributed by atoms with Crippen LogP contribution in [0.2, 0.25) is 0 Å². The highest BCUT2D eigenvalue weighted by atomic mass is 16.5. The fourth-order valence-electron chi connectivity index (χ4n) is 1.54. The van der Waals surface area contributed by atoms with E-state index in [1.165, 1.54) is 12.0 Å². The molecule has 0 radical (unpaired) electrons. The van der Waals surface area contributed by atoms with Gasteiger partial charge in [-0.05, 0) is 31.0 Å². The van der Waals surface area contributed by atoms with Crippen LogP contribution in [0.3, 0.4) is 0 Å². The minimum Gasteiger partial charge on any atom is -0.481 e. The predicted molar refractivity (Wildman–Crippen MR) is 72.2 cm³/mol. The molecule has 17 heavy (non-hydrogen) atoms. The molecule has 0 bridgehead atoms. The molecule has 0 saturated heterocycles. The van der Waals surface area contributed by atoms with E-state index in [2.05, 4.69) is 30.2 Å². The fourth-order valence-corrected chi connectivity index (χ4v) is 1.54. The second-order valence-electron chi connectivity index (χ2n) is 3.97. The van der Waals surface area contributed by atoms with Crippen LogP contribution in [0.1, 0.15) is 32.3 Å². The molecule has 0 amide bonds. The summed E-state index contributed by atoms with van der Waals surface area (Å²) in [6.45, 7) is 6.38. The minimum absolute atomic E-state index is 0.657. The number of pyridine rings is 1. The molecule has 94 valence electrons. The first-order valence-corrected chi connectivity index (χ1v) is 6.20. The zero-order valence-electron chi connectivity index (χ0n) is 11.0. The van der Waals surface area contributed by atoms with Crippen LogP contribution in [0.5, 0.6) is 5.88 Å². The summed E-state index contributed by atoms with van der Waals surface area (Å²) in [7, 11) is 1.63. The molecule has 3 heteroatoms. The van der Waals surface area contributed by atoms with E-state index in [0.717, 1.165) is 25.1 Å². The molecule has 0 aromatic carbocycles. The maximum atomic E-state index is 5.04. The van der Waals surface area contributed by atoms with Crippen molar-refractivity contribution in [1.29, 1.82) is 0 Å². The zero-order valence-corrected chi connectivity index (χ0v) is 11.0. The van der Waals surface area contributed by atoms with Gasteiger partial charge >= 0.3 is 0 Å². The fraction of sp³-hybridized carbons (Fsp3) is 0.500. The van der Waals surface area contributed by atoms with Gasteiger partial charge in [0, 0.05) is 18.8 Å². The van der Waals surface area contributed by atoms with Gasteiger partial charge in [0.15, 0.2) is 0 Å². The Labute approximate surface area is 104 Å². The SMILES string of the molecule is CCCNC/C(=C/c1ccc(OC)nc1)CC. The van der Waals surface area contributed by atoms with Gasteiger partial charge in [0.1, 0.15) is 0 Å². The molecule has 0 fully saturated rings. The second kappa shape index (κ2) is 7.85. The van der Waals surface area contributed by atoms with Gasteiger partial charge in [-0.2, -0.15) is 0 Å². The Bertz CT molecular complexity index is 344. The van der Waals surface area contributed by atoms with Gasteiger partial charge in [-0.25, -0.2) is 4.98 Å². The number of methoxy groups -OCH3 is 1. The first kappa shape index (κ1) is 13.7. The van der Waals surface area contributed by atoms with E-state index in [9.17, 15) is 0 Å². The third-order valence-corrected chi connectivity index (χ3v) is 2.57. The van der Waals surface area contributed by atoms with Crippen molar-refractivity contribution in [3.8, 4) is 5.88 Å². The van der Waals surface area contributed by atoms with Crippen molar-refractivity contribution in [3.63, 3.8) is 0 Å². The molecule has 0 saturated carbocycles. The van der Waals surface area contributed by atoms with E-state index in [-0.39, 0.29) is 0 Å². The molecule has 0 spiro atoms. The van der Waals surface area contributed by atoms with Crippen LogP contribution in [0.15, 0.2) is 23.9 Å². The van der Waals surface area contributed by atoms with Gasteiger partial charge in [0.25, 0.3) is 0 Å². The van der Waals surface area contributed by atoms with Crippen molar-refractivity contribution >= 4 is 6.08 Å². The Morgan fingerprint density at radius 2 is 2.24 bits per heavy atom. The third kappa shape index (κ3) is 5.00. The summed E-state index contributed by atoms with van der Waals surface area (Å²) in [5.74, 6) is 0.657. The van der Waals surface area contributed by atoms with E-state index in [1.807, 2.05) is 18.3 Å². The molecular formula is C14H22N2O. The summed E-state index contributed by atoms with van der Waals surface area (Å²) in [6, 6.07) is 3.92. The summed E-state index contributed by atoms with van der Waals surface area (Å²) in [6.07, 6.45) is 6.26. The van der Waals surface area contributed by atoms with Gasteiger partial charge in [0.2, 0.25) is 5.88 Å². The highest BCUT2D eigenvalue weighted by molar-refractivity contribution is 5.52. The van der Waals surface area contributed by atoms with E-state index in [1.54, 1.807) is 7.11 Å². The number of nitrogens with one attached hydrogen (secondary N) is 1. The highest BCUT2D eigenvalue weighted by Gasteiger charge is 1.97. The van der Waals surface area contributed by atoms with Crippen LogP contribution in [0, 0.1) is 0 Å². The normalized spacial score (nSPS) is 11.6. The summed E-state index contributed by atoms with van der Waals surface area (Å²) >= 11 is 0. The first-order valence-electron chi connectivity index (χ1n) is 6.20. The van der Waals surface area contributed by atoms with Gasteiger partial charge in [0.05, 0.1) is 7.11 Å². The molecule has 3 nitrogen and oxygen atoms in total. The third-order valence-electron chi connectivity index (χ3n) is 2.57. The smallest absolute Gasteiger partial charge is 0.212 e. The minimum atomic E-state index is 0.657. The molecule has 0 atom stereocenters. The standard InChI is InChI=1S/C14H22N2O/c1-4-8-15-10-12(5-2)9-13-6-7-14(17-3)16-11-13/h6-7,9,11,15H,4-5,8,10H2,1-3H3/b12-9+. The van der Waals surface area contributed by atoms with Gasteiger partial charge in [-0.3, -0.25) is 0 Å². The molecular weight excluding hydrogens is 212 g/mol. The first-order chi connectivity index (χ1) is 8.30. The largest absolute Gasteiger partial charge is 0.481 e. The van der Waals surface area contributed by atoms with E-state index in [0.29, 0.717) is 5.88 Å². The second-order valence-corrected chi connectivity index (χ2v) is 3.97. The number of nitrogens with zero attached hydrogens (tertiary/aromatic N) is 1. The van der Waals surface area contributed by atoms with Crippen molar-refractivity contribution in [2.75, 3.05) is 20.2 Å². The maximum absolute atomic E-state index is 5.04. The Kier molecular flexibility index (Phi) is 6.33. The van der Waals surface area contributed by atoms with Crippen LogP contribution < -0.4 is 10.1 Å². The topological polar surface area (TPSA) is 34.1 Å². The van der Waals surface area contributed by atoms with Gasteiger partial charge in [-0.15, -0.1) is 0 Å². The van der Waals surface area contributed by atoms with Gasteiger partial charge < -0.3 is 10.1 Å². The molecule has 0 unspecified atom stereocenters. The molecule has 0 aliphatic heterocycles. The Morgan fingerprint density at radius 1 is 1.41 bits per heavy atom. The molecule has 1 heterocycles. The lowest BCUT2D eigenvalue weighted by atomic mass is 10.1. The quantitative estimate of drug-likeness (QED) is 0.737. The molecule has 0 aliphatic carbocycles. The summed E-state index contributed by atoms with van der Waals surface area (Å²) < 4.78 is 5.04. The number of hydrogen-bond donors (Lipinski definition) is 1. The predicted octanol–water partition coefficient (Wildman–Crippen LogP) is 2.88. The van der Waals surface area contributed by atoms with Crippen molar-refractivity contribution in [2.45, 2.75) is 26.7 Å². The van der Waals surface area contributed by atoms with Crippen molar-refractivity contribution < 1.29 is 4.74 Å². The van der Waals surface area contributed by atoms with Crippen LogP contribution in [0.4, 0.5) is 0 Å². The van der Waals surface area contributed by atoms with E-state index < -0.39 is 0 Å². The zero-order chi connectivity index (χ0) is 12.5. The number of rotatable bonds is 7. The van der Waals surface area contributed by atoms with E-state index in [4.69, 9.17) is 4.74 Å². The number of ether oxygens (including phenoxy) is 1. The highest BCUT2D eigenvalue weighted by Crippen LogP contribution is 2.11. The molecule has 0 aliphatic rings. The summed E-state index contributed by atoms with van der Waals surface area (Å²) in [5.41, 5.74) is 2.52. The van der Waals surface area contributed by atoms with Crippen LogP contribution in [-0.2, 0) is 0 Å². The van der Waals surface area contributed by atoms with Crippen LogP contribution >= 0.6 is 0 Å². The average Bonchev–Trinajstić information content (AvgIpc) is 2.38. The Hall–Kier alpha value is -1.35. The van der Waals surface area contributed by atoms with Crippen LogP contribution in [-0.4, -0.2) is 25.2 Å². The lowest BCUT2D eigenvalue weighted by Crippen LogP contribution is -2.17. The van der Waals surface area contributed by atoms with Crippen molar-refractivity contribution in [2.24, 2.45) is 0 Å².